The number of nitrogens with zero attached hydrogens (tertiary/aromatic N) is 1. The SMILES string of the molecule is CCCCCCC[C@H]1CC[C@H](CC(C#N)CCc2ccc(-c3ccc(OCCCCCC)cc3)cc2)CC1. The highest BCUT2D eigenvalue weighted by molar-refractivity contribution is 5.64. The zero-order valence-corrected chi connectivity index (χ0v) is 24.4. The molecular formula is C36H53NO. The third kappa shape index (κ3) is 11.2. The Hall–Kier alpha value is -2.27. The number of unbranched alkanes of at least 4 members (excludes halogenated alkanes) is 7. The normalized spacial score (nSPS) is 18.1. The average Bonchev–Trinajstić information content (AvgIpc) is 2.96. The maximum Gasteiger partial charge on any atom is 0.119 e. The van der Waals surface area contributed by atoms with Gasteiger partial charge >= 0.3 is 0 Å². The molecule has 0 radical (unpaired) electrons. The van der Waals surface area contributed by atoms with E-state index in [0.717, 1.165) is 49.9 Å². The van der Waals surface area contributed by atoms with Gasteiger partial charge in [-0.05, 0) is 66.3 Å². The van der Waals surface area contributed by atoms with Crippen molar-refractivity contribution in [3.8, 4) is 22.9 Å². The third-order valence-corrected chi connectivity index (χ3v) is 8.67. The van der Waals surface area contributed by atoms with E-state index in [1.807, 2.05) is 0 Å². The van der Waals surface area contributed by atoms with E-state index in [9.17, 15) is 5.26 Å². The summed E-state index contributed by atoms with van der Waals surface area (Å²) < 4.78 is 5.89. The highest BCUT2D eigenvalue weighted by Gasteiger charge is 2.23. The van der Waals surface area contributed by atoms with Gasteiger partial charge in [-0.15, -0.1) is 0 Å². The first-order valence-corrected chi connectivity index (χ1v) is 15.9. The molecule has 1 aliphatic rings. The maximum absolute atomic E-state index is 9.82. The van der Waals surface area contributed by atoms with E-state index in [1.54, 1.807) is 0 Å². The van der Waals surface area contributed by atoms with Gasteiger partial charge < -0.3 is 4.74 Å². The summed E-state index contributed by atoms with van der Waals surface area (Å²) in [5, 5.41) is 9.82. The molecule has 1 unspecified atom stereocenters. The number of aryl methyl sites for hydroxylation is 1. The Bertz CT molecular complexity index is 902. The van der Waals surface area contributed by atoms with E-state index < -0.39 is 0 Å². The summed E-state index contributed by atoms with van der Waals surface area (Å²) in [6, 6.07) is 20.1. The van der Waals surface area contributed by atoms with Crippen molar-refractivity contribution in [2.24, 2.45) is 17.8 Å². The Morgan fingerprint density at radius 1 is 0.737 bits per heavy atom. The molecule has 2 nitrogen and oxygen atoms in total. The molecule has 0 amide bonds. The number of hydrogen-bond acceptors (Lipinski definition) is 2. The molecule has 2 aromatic rings. The summed E-state index contributed by atoms with van der Waals surface area (Å²) in [6.07, 6.45) is 21.9. The van der Waals surface area contributed by atoms with Crippen molar-refractivity contribution in [1.82, 2.24) is 0 Å². The van der Waals surface area contributed by atoms with Crippen LogP contribution in [0, 0.1) is 29.1 Å². The average molecular weight is 516 g/mol. The molecule has 208 valence electrons. The zero-order valence-electron chi connectivity index (χ0n) is 24.4. The molecule has 0 bridgehead atoms. The van der Waals surface area contributed by atoms with Crippen molar-refractivity contribution in [3.63, 3.8) is 0 Å². The highest BCUT2D eigenvalue weighted by Crippen LogP contribution is 2.36. The molecule has 0 aliphatic heterocycles. The van der Waals surface area contributed by atoms with Crippen LogP contribution >= 0.6 is 0 Å². The van der Waals surface area contributed by atoms with Gasteiger partial charge in [0.15, 0.2) is 0 Å². The third-order valence-electron chi connectivity index (χ3n) is 8.67. The lowest BCUT2D eigenvalue weighted by molar-refractivity contribution is 0.233. The van der Waals surface area contributed by atoms with Crippen LogP contribution < -0.4 is 4.74 Å². The topological polar surface area (TPSA) is 33.0 Å². The van der Waals surface area contributed by atoms with Crippen LogP contribution in [0.2, 0.25) is 0 Å². The van der Waals surface area contributed by atoms with Crippen LogP contribution in [0.1, 0.15) is 122 Å². The second-order valence-electron chi connectivity index (χ2n) is 11.8. The molecule has 1 aliphatic carbocycles. The quantitative estimate of drug-likeness (QED) is 0.185. The van der Waals surface area contributed by atoms with Gasteiger partial charge in [0.05, 0.1) is 12.7 Å². The minimum Gasteiger partial charge on any atom is -0.494 e. The Morgan fingerprint density at radius 3 is 1.95 bits per heavy atom. The zero-order chi connectivity index (χ0) is 26.8. The molecule has 0 aromatic heterocycles. The van der Waals surface area contributed by atoms with E-state index in [1.165, 1.54) is 100 Å². The fourth-order valence-electron chi connectivity index (χ4n) is 6.10. The molecule has 0 saturated heterocycles. The van der Waals surface area contributed by atoms with E-state index in [2.05, 4.69) is 68.4 Å². The largest absolute Gasteiger partial charge is 0.494 e. The molecule has 38 heavy (non-hydrogen) atoms. The van der Waals surface area contributed by atoms with Crippen molar-refractivity contribution in [1.29, 1.82) is 5.26 Å². The Morgan fingerprint density at radius 2 is 1.32 bits per heavy atom. The first-order valence-electron chi connectivity index (χ1n) is 15.9. The number of hydrogen-bond donors (Lipinski definition) is 0. The van der Waals surface area contributed by atoms with Gasteiger partial charge in [-0.2, -0.15) is 5.26 Å². The van der Waals surface area contributed by atoms with Crippen LogP contribution in [0.25, 0.3) is 11.1 Å². The minimum atomic E-state index is 0.194. The summed E-state index contributed by atoms with van der Waals surface area (Å²) in [5.74, 6) is 2.87. The van der Waals surface area contributed by atoms with Gasteiger partial charge in [-0.25, -0.2) is 0 Å². The van der Waals surface area contributed by atoms with Crippen LogP contribution in [0.4, 0.5) is 0 Å². The van der Waals surface area contributed by atoms with Gasteiger partial charge in [-0.3, -0.25) is 0 Å². The lowest BCUT2D eigenvalue weighted by atomic mass is 9.76. The van der Waals surface area contributed by atoms with Crippen LogP contribution in [-0.2, 0) is 6.42 Å². The first-order chi connectivity index (χ1) is 18.7. The number of nitriles is 1. The van der Waals surface area contributed by atoms with Crippen molar-refractivity contribution >= 4 is 0 Å². The summed E-state index contributed by atoms with van der Waals surface area (Å²) in [7, 11) is 0. The Balaban J connectivity index is 1.35. The molecule has 2 heteroatoms. The smallest absolute Gasteiger partial charge is 0.119 e. The molecule has 0 spiro atoms. The molecule has 1 atom stereocenters. The van der Waals surface area contributed by atoms with Crippen LogP contribution in [0.15, 0.2) is 48.5 Å². The van der Waals surface area contributed by atoms with Gasteiger partial charge in [0.25, 0.3) is 0 Å². The molecule has 0 N–H and O–H groups in total. The lowest BCUT2D eigenvalue weighted by Gasteiger charge is -2.29. The summed E-state index contributed by atoms with van der Waals surface area (Å²) >= 11 is 0. The molecule has 1 saturated carbocycles. The van der Waals surface area contributed by atoms with Crippen LogP contribution in [0.3, 0.4) is 0 Å². The second-order valence-corrected chi connectivity index (χ2v) is 11.8. The van der Waals surface area contributed by atoms with E-state index in [0.29, 0.717) is 0 Å². The summed E-state index contributed by atoms with van der Waals surface area (Å²) in [6.45, 7) is 5.33. The highest BCUT2D eigenvalue weighted by atomic mass is 16.5. The van der Waals surface area contributed by atoms with Crippen molar-refractivity contribution in [2.45, 2.75) is 123 Å². The molecule has 1 fully saturated rings. The van der Waals surface area contributed by atoms with E-state index in [4.69, 9.17) is 4.74 Å². The fraction of sp³-hybridized carbons (Fsp3) is 0.639. The molecular weight excluding hydrogens is 462 g/mol. The van der Waals surface area contributed by atoms with Gasteiger partial charge in [0.1, 0.15) is 5.75 Å². The summed E-state index contributed by atoms with van der Waals surface area (Å²) in [5.41, 5.74) is 3.80. The number of rotatable bonds is 18. The van der Waals surface area contributed by atoms with Crippen molar-refractivity contribution < 1.29 is 4.74 Å². The Kier molecular flexibility index (Phi) is 14.4. The van der Waals surface area contributed by atoms with Crippen LogP contribution in [-0.4, -0.2) is 6.61 Å². The molecule has 2 aromatic carbocycles. The minimum absolute atomic E-state index is 0.194. The van der Waals surface area contributed by atoms with Gasteiger partial charge in [0, 0.05) is 5.92 Å². The Labute approximate surface area is 234 Å². The van der Waals surface area contributed by atoms with Crippen molar-refractivity contribution in [3.05, 3.63) is 54.1 Å². The van der Waals surface area contributed by atoms with Gasteiger partial charge in [0.2, 0.25) is 0 Å². The number of ether oxygens (including phenoxy) is 1. The van der Waals surface area contributed by atoms with E-state index in [-0.39, 0.29) is 5.92 Å². The van der Waals surface area contributed by atoms with Crippen LogP contribution in [0.5, 0.6) is 5.75 Å². The van der Waals surface area contributed by atoms with E-state index >= 15 is 0 Å². The second kappa shape index (κ2) is 18.1. The van der Waals surface area contributed by atoms with Crippen molar-refractivity contribution in [2.75, 3.05) is 6.61 Å². The molecule has 0 heterocycles. The summed E-state index contributed by atoms with van der Waals surface area (Å²) in [4.78, 5) is 0. The number of benzene rings is 2. The standard InChI is InChI=1S/C36H53NO/c1-3-5-7-9-10-12-30-13-16-32(17-14-30)28-33(29-37)18-15-31-19-21-34(22-20-31)35-23-25-36(26-24-35)38-27-11-8-6-4-2/h19-26,30,32-33H,3-18,27-28H2,1-2H3/t30-,32-,33?. The monoisotopic (exact) mass is 515 g/mol. The molecule has 3 rings (SSSR count). The lowest BCUT2D eigenvalue weighted by Crippen LogP contribution is -2.17. The fourth-order valence-corrected chi connectivity index (χ4v) is 6.10. The van der Waals surface area contributed by atoms with Gasteiger partial charge in [-0.1, -0.05) is 134 Å². The maximum atomic E-state index is 9.82. The predicted molar refractivity (Wildman–Crippen MR) is 162 cm³/mol. The first kappa shape index (κ1) is 30.3. The predicted octanol–water partition coefficient (Wildman–Crippen LogP) is 10.9.